The molecule has 96 valence electrons. The summed E-state index contributed by atoms with van der Waals surface area (Å²) >= 11 is 0. The molecule has 0 unspecified atom stereocenters. The molecule has 0 aromatic carbocycles. The van der Waals surface area contributed by atoms with Crippen molar-refractivity contribution in [1.82, 2.24) is 5.32 Å². The maximum atomic E-state index is 10.4. The molecular formula is C12H25NO3. The number of likely N-dealkylation sites (N-methyl/N-ethyl adjacent to an activating group) is 1. The van der Waals surface area contributed by atoms with Gasteiger partial charge in [0.2, 0.25) is 0 Å². The molecule has 0 saturated carbocycles. The summed E-state index contributed by atoms with van der Waals surface area (Å²) in [4.78, 5) is 0. The van der Waals surface area contributed by atoms with E-state index < -0.39 is 11.7 Å². The predicted octanol–water partition coefficient (Wildman–Crippen LogP) is 0.524. The van der Waals surface area contributed by atoms with Crippen molar-refractivity contribution in [3.05, 3.63) is 0 Å². The summed E-state index contributed by atoms with van der Waals surface area (Å²) in [6.07, 6.45) is 1.74. The van der Waals surface area contributed by atoms with Crippen LogP contribution in [0.25, 0.3) is 0 Å². The topological polar surface area (TPSA) is 61.7 Å². The van der Waals surface area contributed by atoms with Crippen LogP contribution in [-0.2, 0) is 4.74 Å². The molecule has 1 heterocycles. The minimum atomic E-state index is -0.779. The summed E-state index contributed by atoms with van der Waals surface area (Å²) in [5.41, 5.74) is -0.779. The summed E-state index contributed by atoms with van der Waals surface area (Å²) < 4.78 is 5.28. The second-order valence-corrected chi connectivity index (χ2v) is 4.91. The molecule has 1 rings (SSSR count). The van der Waals surface area contributed by atoms with Gasteiger partial charge in [-0.3, -0.25) is 0 Å². The lowest BCUT2D eigenvalue weighted by molar-refractivity contribution is -0.0773. The Balaban J connectivity index is 2.36. The molecule has 0 spiro atoms. The highest BCUT2D eigenvalue weighted by atomic mass is 16.5. The van der Waals surface area contributed by atoms with E-state index in [1.807, 2.05) is 13.8 Å². The number of hydrogen-bond acceptors (Lipinski definition) is 4. The molecule has 1 aliphatic rings. The van der Waals surface area contributed by atoms with Crippen molar-refractivity contribution in [2.45, 2.75) is 44.8 Å². The van der Waals surface area contributed by atoms with Crippen LogP contribution in [0.3, 0.4) is 0 Å². The molecule has 1 saturated heterocycles. The van der Waals surface area contributed by atoms with Gasteiger partial charge in [-0.2, -0.15) is 0 Å². The van der Waals surface area contributed by atoms with Crippen molar-refractivity contribution < 1.29 is 14.9 Å². The Bertz CT molecular complexity index is 191. The van der Waals surface area contributed by atoms with E-state index in [0.29, 0.717) is 13.0 Å². The Morgan fingerprint density at radius 3 is 2.62 bits per heavy atom. The third kappa shape index (κ3) is 4.37. The molecule has 0 bridgehead atoms. The minimum Gasteiger partial charge on any atom is -0.392 e. The van der Waals surface area contributed by atoms with Gasteiger partial charge in [0.15, 0.2) is 0 Å². The molecular weight excluding hydrogens is 206 g/mol. The SMILES string of the molecule is CCNC[C@@H](O)C[C@](C)(O)C1CCOCC1. The highest BCUT2D eigenvalue weighted by molar-refractivity contribution is 4.86. The first-order chi connectivity index (χ1) is 7.56. The van der Waals surface area contributed by atoms with Crippen LogP contribution in [0, 0.1) is 5.92 Å². The Labute approximate surface area is 98.0 Å². The van der Waals surface area contributed by atoms with E-state index in [0.717, 1.165) is 32.6 Å². The summed E-state index contributed by atoms with van der Waals surface area (Å²) in [6.45, 7) is 6.68. The third-order valence-corrected chi connectivity index (χ3v) is 3.38. The Morgan fingerprint density at radius 2 is 2.06 bits per heavy atom. The van der Waals surface area contributed by atoms with E-state index in [9.17, 15) is 10.2 Å². The van der Waals surface area contributed by atoms with Gasteiger partial charge < -0.3 is 20.3 Å². The second-order valence-electron chi connectivity index (χ2n) is 4.91. The van der Waals surface area contributed by atoms with Crippen LogP contribution in [0.5, 0.6) is 0 Å². The van der Waals surface area contributed by atoms with Gasteiger partial charge in [0.1, 0.15) is 0 Å². The van der Waals surface area contributed by atoms with Crippen LogP contribution in [0.2, 0.25) is 0 Å². The zero-order chi connectivity index (χ0) is 12.0. The number of nitrogens with one attached hydrogen (secondary N) is 1. The normalized spacial score (nSPS) is 24.0. The zero-order valence-electron chi connectivity index (χ0n) is 10.4. The van der Waals surface area contributed by atoms with Crippen molar-refractivity contribution in [1.29, 1.82) is 0 Å². The Hall–Kier alpha value is -0.160. The molecule has 0 aliphatic carbocycles. The third-order valence-electron chi connectivity index (χ3n) is 3.38. The maximum Gasteiger partial charge on any atom is 0.0691 e. The summed E-state index contributed by atoms with van der Waals surface area (Å²) in [5, 5.41) is 23.2. The highest BCUT2D eigenvalue weighted by Crippen LogP contribution is 2.30. The standard InChI is InChI=1S/C12H25NO3/c1-3-13-9-11(14)8-12(2,15)10-4-6-16-7-5-10/h10-11,13-15H,3-9H2,1-2H3/t11-,12-/m0/s1. The minimum absolute atomic E-state index is 0.248. The van der Waals surface area contributed by atoms with E-state index in [2.05, 4.69) is 5.32 Å². The van der Waals surface area contributed by atoms with Crippen molar-refractivity contribution in [2.24, 2.45) is 5.92 Å². The molecule has 16 heavy (non-hydrogen) atoms. The molecule has 1 fully saturated rings. The van der Waals surface area contributed by atoms with Gasteiger partial charge in [0, 0.05) is 26.2 Å². The number of ether oxygens (including phenoxy) is 1. The first-order valence-electron chi connectivity index (χ1n) is 6.25. The van der Waals surface area contributed by atoms with Crippen LogP contribution < -0.4 is 5.32 Å². The number of aliphatic hydroxyl groups is 2. The molecule has 0 amide bonds. The van der Waals surface area contributed by atoms with Crippen molar-refractivity contribution in [3.8, 4) is 0 Å². The molecule has 2 atom stereocenters. The van der Waals surface area contributed by atoms with E-state index >= 15 is 0 Å². The average Bonchev–Trinajstić information content (AvgIpc) is 2.27. The van der Waals surface area contributed by atoms with E-state index in [4.69, 9.17) is 4.74 Å². The summed E-state index contributed by atoms with van der Waals surface area (Å²) in [5.74, 6) is 0.248. The van der Waals surface area contributed by atoms with Crippen LogP contribution in [0.15, 0.2) is 0 Å². The van der Waals surface area contributed by atoms with Crippen LogP contribution in [-0.4, -0.2) is 48.2 Å². The fraction of sp³-hybridized carbons (Fsp3) is 1.00. The number of hydrogen-bond donors (Lipinski definition) is 3. The van der Waals surface area contributed by atoms with Gasteiger partial charge in [0.25, 0.3) is 0 Å². The Kier molecular flexibility index (Phi) is 5.69. The smallest absolute Gasteiger partial charge is 0.0691 e. The molecule has 0 aromatic heterocycles. The van der Waals surface area contributed by atoms with E-state index in [1.165, 1.54) is 0 Å². The molecule has 4 nitrogen and oxygen atoms in total. The molecule has 0 aromatic rings. The predicted molar refractivity (Wildman–Crippen MR) is 63.3 cm³/mol. The first-order valence-corrected chi connectivity index (χ1v) is 6.25. The highest BCUT2D eigenvalue weighted by Gasteiger charge is 2.34. The molecule has 3 N–H and O–H groups in total. The lowest BCUT2D eigenvalue weighted by Crippen LogP contribution is -2.43. The molecule has 1 aliphatic heterocycles. The zero-order valence-corrected chi connectivity index (χ0v) is 10.4. The fourth-order valence-corrected chi connectivity index (χ4v) is 2.35. The van der Waals surface area contributed by atoms with Crippen molar-refractivity contribution in [3.63, 3.8) is 0 Å². The van der Waals surface area contributed by atoms with Crippen molar-refractivity contribution in [2.75, 3.05) is 26.3 Å². The van der Waals surface area contributed by atoms with Gasteiger partial charge in [-0.1, -0.05) is 6.92 Å². The summed E-state index contributed by atoms with van der Waals surface area (Å²) in [6, 6.07) is 0. The molecule has 4 heteroatoms. The van der Waals surface area contributed by atoms with E-state index in [-0.39, 0.29) is 5.92 Å². The lowest BCUT2D eigenvalue weighted by Gasteiger charge is -2.36. The number of aliphatic hydroxyl groups excluding tert-OH is 1. The van der Waals surface area contributed by atoms with Gasteiger partial charge >= 0.3 is 0 Å². The molecule has 0 radical (unpaired) electrons. The maximum absolute atomic E-state index is 10.4. The van der Waals surface area contributed by atoms with Gasteiger partial charge in [-0.15, -0.1) is 0 Å². The van der Waals surface area contributed by atoms with Gasteiger partial charge in [-0.25, -0.2) is 0 Å². The summed E-state index contributed by atoms with van der Waals surface area (Å²) in [7, 11) is 0. The lowest BCUT2D eigenvalue weighted by atomic mass is 9.80. The van der Waals surface area contributed by atoms with Crippen LogP contribution >= 0.6 is 0 Å². The van der Waals surface area contributed by atoms with Crippen LogP contribution in [0.1, 0.15) is 33.1 Å². The largest absolute Gasteiger partial charge is 0.392 e. The van der Waals surface area contributed by atoms with Crippen molar-refractivity contribution >= 4 is 0 Å². The average molecular weight is 231 g/mol. The quantitative estimate of drug-likeness (QED) is 0.624. The van der Waals surface area contributed by atoms with E-state index in [1.54, 1.807) is 0 Å². The van der Waals surface area contributed by atoms with Gasteiger partial charge in [-0.05, 0) is 32.2 Å². The monoisotopic (exact) mass is 231 g/mol. The first kappa shape index (κ1) is 13.9. The number of rotatable bonds is 6. The Morgan fingerprint density at radius 1 is 1.44 bits per heavy atom. The fourth-order valence-electron chi connectivity index (χ4n) is 2.35. The van der Waals surface area contributed by atoms with Gasteiger partial charge in [0.05, 0.1) is 11.7 Å². The van der Waals surface area contributed by atoms with Crippen LogP contribution in [0.4, 0.5) is 0 Å². The second kappa shape index (κ2) is 6.55.